The molecule has 0 saturated heterocycles. The zero-order chi connectivity index (χ0) is 23.5. The van der Waals surface area contributed by atoms with Crippen molar-refractivity contribution >= 4 is 40.4 Å². The number of pyridine rings is 1. The molecule has 1 aromatic carbocycles. The van der Waals surface area contributed by atoms with Gasteiger partial charge in [-0.15, -0.1) is 0 Å². The number of nitrogens with one attached hydrogen (secondary N) is 3. The minimum atomic E-state index is -0.727. The molecule has 3 N–H and O–H groups in total. The van der Waals surface area contributed by atoms with Crippen molar-refractivity contribution < 1.29 is 23.5 Å². The Bertz CT molecular complexity index is 1190. The molecule has 2 aromatic heterocycles. The van der Waals surface area contributed by atoms with E-state index in [0.717, 1.165) is 6.07 Å². The second kappa shape index (κ2) is 9.58. The molecule has 2 amide bonds. The van der Waals surface area contributed by atoms with Crippen LogP contribution in [0, 0.1) is 17.7 Å². The fourth-order valence-electron chi connectivity index (χ4n) is 3.96. The Kier molecular flexibility index (Phi) is 6.60. The van der Waals surface area contributed by atoms with Crippen LogP contribution < -0.4 is 10.6 Å². The second-order valence-corrected chi connectivity index (χ2v) is 8.40. The number of benzene rings is 1. The molecule has 1 unspecified atom stereocenters. The second-order valence-electron chi connectivity index (χ2n) is 7.96. The van der Waals surface area contributed by atoms with Crippen LogP contribution in [-0.4, -0.2) is 41.4 Å². The summed E-state index contributed by atoms with van der Waals surface area (Å²) < 4.78 is 18.7. The van der Waals surface area contributed by atoms with Crippen molar-refractivity contribution in [3.05, 3.63) is 64.7 Å². The van der Waals surface area contributed by atoms with Crippen molar-refractivity contribution in [3.8, 4) is 0 Å². The lowest BCUT2D eigenvalue weighted by molar-refractivity contribution is -0.152. The third kappa shape index (κ3) is 4.98. The lowest BCUT2D eigenvalue weighted by atomic mass is 9.74. The Morgan fingerprint density at radius 1 is 1.24 bits per heavy atom. The highest BCUT2D eigenvalue weighted by Gasteiger charge is 2.40. The number of carbonyl (C=O) groups excluding carboxylic acids is 3. The van der Waals surface area contributed by atoms with Gasteiger partial charge >= 0.3 is 5.97 Å². The number of hydrogen-bond donors (Lipinski definition) is 3. The van der Waals surface area contributed by atoms with Gasteiger partial charge in [-0.2, -0.15) is 0 Å². The monoisotopic (exact) mass is 472 g/mol. The number of aromatic amines is 1. The van der Waals surface area contributed by atoms with Crippen LogP contribution in [0.5, 0.6) is 0 Å². The minimum Gasteiger partial charge on any atom is -0.469 e. The van der Waals surface area contributed by atoms with Gasteiger partial charge in [-0.3, -0.25) is 14.4 Å². The number of aromatic nitrogens is 2. The quantitative estimate of drug-likeness (QED) is 0.457. The summed E-state index contributed by atoms with van der Waals surface area (Å²) in [5.74, 6) is -2.21. The largest absolute Gasteiger partial charge is 0.469 e. The van der Waals surface area contributed by atoms with E-state index in [9.17, 15) is 18.8 Å². The molecule has 0 bridgehead atoms. The Hall–Kier alpha value is -3.46. The van der Waals surface area contributed by atoms with E-state index in [2.05, 4.69) is 20.6 Å². The molecule has 1 saturated carbocycles. The van der Waals surface area contributed by atoms with Crippen molar-refractivity contribution in [2.45, 2.75) is 18.9 Å². The van der Waals surface area contributed by atoms with Crippen LogP contribution in [0.2, 0.25) is 5.02 Å². The number of esters is 1. The number of hydrogen-bond acceptors (Lipinski definition) is 5. The van der Waals surface area contributed by atoms with Gasteiger partial charge in [-0.25, -0.2) is 9.37 Å². The molecule has 8 nitrogen and oxygen atoms in total. The molecule has 0 radical (unpaired) electrons. The number of amides is 2. The summed E-state index contributed by atoms with van der Waals surface area (Å²) in [6, 6.07) is 6.58. The molecular weight excluding hydrogens is 451 g/mol. The fraction of sp³-hybridized carbons (Fsp3) is 0.304. The standard InChI is InChI=1S/C23H22ClFN4O4/c1-33-23(32)14-6-13(7-14)21(30)29-19(12-8-15(24)10-16(25)9-12)11-28-22(31)18-3-5-27-20-17(18)2-4-26-20/h2-5,8-10,13-14,19H,6-7,11H2,1H3,(H,26,27)(H,28,31)(H,29,30). The van der Waals surface area contributed by atoms with Crippen LogP contribution in [0.15, 0.2) is 42.7 Å². The number of ether oxygens (including phenoxy) is 1. The van der Waals surface area contributed by atoms with Crippen LogP contribution in [0.4, 0.5) is 4.39 Å². The van der Waals surface area contributed by atoms with E-state index in [1.54, 1.807) is 18.3 Å². The van der Waals surface area contributed by atoms with Crippen molar-refractivity contribution in [3.63, 3.8) is 0 Å². The summed E-state index contributed by atoms with van der Waals surface area (Å²) in [4.78, 5) is 44.3. The number of rotatable bonds is 7. The van der Waals surface area contributed by atoms with Gasteiger partial charge in [0.1, 0.15) is 11.5 Å². The number of carbonyl (C=O) groups is 3. The topological polar surface area (TPSA) is 113 Å². The highest BCUT2D eigenvalue weighted by atomic mass is 35.5. The van der Waals surface area contributed by atoms with Gasteiger partial charge in [-0.1, -0.05) is 11.6 Å². The van der Waals surface area contributed by atoms with Crippen molar-refractivity contribution in [2.75, 3.05) is 13.7 Å². The maximum Gasteiger partial charge on any atom is 0.308 e. The number of halogens is 2. The lowest BCUT2D eigenvalue weighted by Gasteiger charge is -2.33. The van der Waals surface area contributed by atoms with Gasteiger partial charge in [-0.05, 0) is 48.7 Å². The number of methoxy groups -OCH3 is 1. The maximum atomic E-state index is 14.0. The average molecular weight is 473 g/mol. The van der Waals surface area contributed by atoms with Gasteiger partial charge in [0, 0.05) is 35.3 Å². The zero-order valence-electron chi connectivity index (χ0n) is 17.7. The first-order valence-electron chi connectivity index (χ1n) is 10.4. The predicted octanol–water partition coefficient (Wildman–Crippen LogP) is 3.14. The Labute approximate surface area is 193 Å². The van der Waals surface area contributed by atoms with Gasteiger partial charge in [0.05, 0.1) is 24.6 Å². The molecular formula is C23H22ClFN4O4. The summed E-state index contributed by atoms with van der Waals surface area (Å²) in [6.07, 6.45) is 3.97. The molecule has 3 aromatic rings. The van der Waals surface area contributed by atoms with Crippen LogP contribution in [0.25, 0.3) is 11.0 Å². The Balaban J connectivity index is 1.48. The van der Waals surface area contributed by atoms with Gasteiger partial charge in [0.15, 0.2) is 0 Å². The summed E-state index contributed by atoms with van der Waals surface area (Å²) in [7, 11) is 1.31. The smallest absolute Gasteiger partial charge is 0.308 e. The minimum absolute atomic E-state index is 0.00570. The highest BCUT2D eigenvalue weighted by molar-refractivity contribution is 6.30. The molecule has 0 aliphatic heterocycles. The molecule has 2 heterocycles. The van der Waals surface area contributed by atoms with Gasteiger partial charge in [0.2, 0.25) is 5.91 Å². The van der Waals surface area contributed by atoms with E-state index in [0.29, 0.717) is 35.0 Å². The first-order valence-corrected chi connectivity index (χ1v) is 10.8. The summed E-state index contributed by atoms with van der Waals surface area (Å²) in [6.45, 7) is 0.00570. The molecule has 1 fully saturated rings. The molecule has 1 aliphatic rings. The van der Waals surface area contributed by atoms with Crippen molar-refractivity contribution in [1.29, 1.82) is 0 Å². The first-order chi connectivity index (χ1) is 15.9. The van der Waals surface area contributed by atoms with Crippen LogP contribution in [0.3, 0.4) is 0 Å². The van der Waals surface area contributed by atoms with E-state index >= 15 is 0 Å². The Morgan fingerprint density at radius 2 is 2.03 bits per heavy atom. The molecule has 172 valence electrons. The molecule has 0 spiro atoms. The van der Waals surface area contributed by atoms with E-state index in [1.807, 2.05) is 0 Å². The third-order valence-electron chi connectivity index (χ3n) is 5.82. The maximum absolute atomic E-state index is 14.0. The normalized spacial score (nSPS) is 18.3. The SMILES string of the molecule is COC(=O)C1CC(C(=O)NC(CNC(=O)c2ccnc3[nH]ccc23)c2cc(F)cc(Cl)c2)C1. The predicted molar refractivity (Wildman–Crippen MR) is 119 cm³/mol. The summed E-state index contributed by atoms with van der Waals surface area (Å²) in [5.41, 5.74) is 1.41. The fourth-order valence-corrected chi connectivity index (χ4v) is 4.19. The van der Waals surface area contributed by atoms with Crippen molar-refractivity contribution in [2.24, 2.45) is 11.8 Å². The molecule has 10 heteroatoms. The third-order valence-corrected chi connectivity index (χ3v) is 6.04. The highest BCUT2D eigenvalue weighted by Crippen LogP contribution is 2.35. The Morgan fingerprint density at radius 3 is 2.76 bits per heavy atom. The summed E-state index contributed by atoms with van der Waals surface area (Å²) >= 11 is 6.01. The number of nitrogens with zero attached hydrogens (tertiary/aromatic N) is 1. The van der Waals surface area contributed by atoms with E-state index in [4.69, 9.17) is 16.3 Å². The van der Waals surface area contributed by atoms with Crippen molar-refractivity contribution in [1.82, 2.24) is 20.6 Å². The van der Waals surface area contributed by atoms with Gasteiger partial charge < -0.3 is 20.4 Å². The van der Waals surface area contributed by atoms with Crippen LogP contribution in [-0.2, 0) is 14.3 Å². The van der Waals surface area contributed by atoms with Crippen LogP contribution >= 0.6 is 11.6 Å². The number of fused-ring (bicyclic) bond motifs is 1. The number of H-pyrrole nitrogens is 1. The molecule has 1 aliphatic carbocycles. The van der Waals surface area contributed by atoms with E-state index < -0.39 is 11.9 Å². The average Bonchev–Trinajstić information content (AvgIpc) is 3.23. The molecule has 1 atom stereocenters. The molecule has 33 heavy (non-hydrogen) atoms. The van der Waals surface area contributed by atoms with Crippen LogP contribution in [0.1, 0.15) is 34.8 Å². The van der Waals surface area contributed by atoms with E-state index in [1.165, 1.54) is 25.4 Å². The lowest BCUT2D eigenvalue weighted by Crippen LogP contribution is -2.45. The molecule has 4 rings (SSSR count). The van der Waals surface area contributed by atoms with E-state index in [-0.39, 0.29) is 41.2 Å². The first kappa shape index (κ1) is 22.7. The zero-order valence-corrected chi connectivity index (χ0v) is 18.5. The summed E-state index contributed by atoms with van der Waals surface area (Å²) in [5, 5.41) is 6.49. The van der Waals surface area contributed by atoms with Gasteiger partial charge in [0.25, 0.3) is 5.91 Å².